The van der Waals surface area contributed by atoms with Crippen LogP contribution in [0.4, 0.5) is 11.4 Å². The standard InChI is InChI=1S/C26H27NO4/c1-5-30-25(28)22-18(4)16-21(27-20-14-12-17(3)13-15-20)24(26(29)31-6-2)23(22)19-10-8-7-9-11-19/h7-16,27H,5-6H2,1-4H3. The minimum atomic E-state index is -0.499. The van der Waals surface area contributed by atoms with Gasteiger partial charge in [0.15, 0.2) is 0 Å². The predicted molar refractivity (Wildman–Crippen MR) is 123 cm³/mol. The average Bonchev–Trinajstić information content (AvgIpc) is 2.75. The smallest absolute Gasteiger partial charge is 0.340 e. The fourth-order valence-electron chi connectivity index (χ4n) is 3.48. The Labute approximate surface area is 183 Å². The molecule has 0 aliphatic rings. The number of rotatable bonds is 7. The second-order valence-electron chi connectivity index (χ2n) is 7.16. The molecule has 0 aliphatic carbocycles. The van der Waals surface area contributed by atoms with Crippen LogP contribution in [0.25, 0.3) is 11.1 Å². The quantitative estimate of drug-likeness (QED) is 0.473. The molecule has 0 fully saturated rings. The van der Waals surface area contributed by atoms with Gasteiger partial charge in [-0.25, -0.2) is 9.59 Å². The average molecular weight is 418 g/mol. The molecule has 0 bridgehead atoms. The van der Waals surface area contributed by atoms with Crippen molar-refractivity contribution in [2.45, 2.75) is 27.7 Å². The van der Waals surface area contributed by atoms with E-state index in [0.29, 0.717) is 27.9 Å². The first-order valence-corrected chi connectivity index (χ1v) is 10.4. The normalized spacial score (nSPS) is 10.5. The highest BCUT2D eigenvalue weighted by Crippen LogP contribution is 2.37. The van der Waals surface area contributed by atoms with Crippen molar-refractivity contribution in [1.29, 1.82) is 0 Å². The van der Waals surface area contributed by atoms with Crippen molar-refractivity contribution in [3.05, 3.63) is 82.9 Å². The summed E-state index contributed by atoms with van der Waals surface area (Å²) in [5.74, 6) is -0.965. The van der Waals surface area contributed by atoms with E-state index in [1.54, 1.807) is 19.9 Å². The van der Waals surface area contributed by atoms with Crippen LogP contribution in [-0.4, -0.2) is 25.2 Å². The van der Waals surface area contributed by atoms with E-state index in [1.165, 1.54) is 0 Å². The first-order valence-electron chi connectivity index (χ1n) is 10.4. The Balaban J connectivity index is 2.30. The van der Waals surface area contributed by atoms with E-state index < -0.39 is 11.9 Å². The van der Waals surface area contributed by atoms with Gasteiger partial charge in [0.25, 0.3) is 0 Å². The van der Waals surface area contributed by atoms with E-state index in [-0.39, 0.29) is 13.2 Å². The van der Waals surface area contributed by atoms with Gasteiger partial charge >= 0.3 is 11.9 Å². The molecule has 0 radical (unpaired) electrons. The van der Waals surface area contributed by atoms with Crippen LogP contribution in [0.15, 0.2) is 60.7 Å². The molecule has 0 amide bonds. The molecule has 5 heteroatoms. The summed E-state index contributed by atoms with van der Waals surface area (Å²) in [6, 6.07) is 19.0. The molecular weight excluding hydrogens is 390 g/mol. The van der Waals surface area contributed by atoms with E-state index in [1.807, 2.05) is 68.4 Å². The number of hydrogen-bond acceptors (Lipinski definition) is 5. The predicted octanol–water partition coefficient (Wildman–Crippen LogP) is 6.07. The molecule has 3 aromatic carbocycles. The van der Waals surface area contributed by atoms with Crippen molar-refractivity contribution >= 4 is 23.3 Å². The molecule has 3 aromatic rings. The van der Waals surface area contributed by atoms with Crippen LogP contribution in [0.3, 0.4) is 0 Å². The number of esters is 2. The van der Waals surface area contributed by atoms with Gasteiger partial charge in [-0.2, -0.15) is 0 Å². The maximum Gasteiger partial charge on any atom is 0.340 e. The lowest BCUT2D eigenvalue weighted by Crippen LogP contribution is -2.16. The van der Waals surface area contributed by atoms with Gasteiger partial charge in [0, 0.05) is 11.3 Å². The highest BCUT2D eigenvalue weighted by Gasteiger charge is 2.28. The van der Waals surface area contributed by atoms with Gasteiger partial charge in [-0.05, 0) is 57.0 Å². The molecule has 0 saturated carbocycles. The molecule has 0 atom stereocenters. The van der Waals surface area contributed by atoms with Crippen molar-refractivity contribution in [1.82, 2.24) is 0 Å². The monoisotopic (exact) mass is 417 g/mol. The number of ether oxygens (including phenoxy) is 2. The maximum atomic E-state index is 13.1. The maximum absolute atomic E-state index is 13.1. The third kappa shape index (κ3) is 4.94. The van der Waals surface area contributed by atoms with Crippen LogP contribution in [0.5, 0.6) is 0 Å². The lowest BCUT2D eigenvalue weighted by atomic mass is 9.89. The minimum absolute atomic E-state index is 0.222. The Morgan fingerprint density at radius 1 is 0.806 bits per heavy atom. The molecule has 31 heavy (non-hydrogen) atoms. The number of benzene rings is 3. The van der Waals surface area contributed by atoms with Gasteiger partial charge in [0.05, 0.1) is 30.0 Å². The fraction of sp³-hybridized carbons (Fsp3) is 0.231. The van der Waals surface area contributed by atoms with Crippen molar-refractivity contribution in [3.8, 4) is 11.1 Å². The van der Waals surface area contributed by atoms with Crippen molar-refractivity contribution < 1.29 is 19.1 Å². The zero-order valence-electron chi connectivity index (χ0n) is 18.3. The minimum Gasteiger partial charge on any atom is -0.462 e. The van der Waals surface area contributed by atoms with E-state index in [2.05, 4.69) is 5.32 Å². The molecule has 0 unspecified atom stereocenters. The van der Waals surface area contributed by atoms with Crippen LogP contribution in [-0.2, 0) is 9.47 Å². The van der Waals surface area contributed by atoms with E-state index in [9.17, 15) is 9.59 Å². The molecule has 0 spiro atoms. The number of carbonyl (C=O) groups is 2. The Hall–Kier alpha value is -3.60. The summed E-state index contributed by atoms with van der Waals surface area (Å²) in [5, 5.41) is 3.34. The molecule has 0 saturated heterocycles. The number of aryl methyl sites for hydroxylation is 2. The summed E-state index contributed by atoms with van der Waals surface area (Å²) in [7, 11) is 0. The summed E-state index contributed by atoms with van der Waals surface area (Å²) in [6.07, 6.45) is 0. The van der Waals surface area contributed by atoms with E-state index in [0.717, 1.165) is 16.8 Å². The highest BCUT2D eigenvalue weighted by molar-refractivity contribution is 6.11. The zero-order valence-corrected chi connectivity index (χ0v) is 18.3. The Bertz CT molecular complexity index is 1070. The molecule has 160 valence electrons. The van der Waals surface area contributed by atoms with Gasteiger partial charge in [0.2, 0.25) is 0 Å². The third-order valence-electron chi connectivity index (χ3n) is 4.88. The molecule has 0 aliphatic heterocycles. The molecule has 0 aromatic heterocycles. The van der Waals surface area contributed by atoms with Crippen LogP contribution in [0.1, 0.15) is 45.7 Å². The van der Waals surface area contributed by atoms with Gasteiger partial charge in [-0.1, -0.05) is 48.0 Å². The number of carbonyl (C=O) groups excluding carboxylic acids is 2. The van der Waals surface area contributed by atoms with Crippen molar-refractivity contribution in [2.75, 3.05) is 18.5 Å². The lowest BCUT2D eigenvalue weighted by Gasteiger charge is -2.21. The second kappa shape index (κ2) is 9.94. The summed E-state index contributed by atoms with van der Waals surface area (Å²) in [6.45, 7) is 7.83. The third-order valence-corrected chi connectivity index (χ3v) is 4.88. The summed E-state index contributed by atoms with van der Waals surface area (Å²) in [4.78, 5) is 26.0. The number of nitrogens with one attached hydrogen (secondary N) is 1. The van der Waals surface area contributed by atoms with Gasteiger partial charge in [0.1, 0.15) is 0 Å². The number of hydrogen-bond donors (Lipinski definition) is 1. The van der Waals surface area contributed by atoms with Crippen LogP contribution < -0.4 is 5.32 Å². The second-order valence-corrected chi connectivity index (χ2v) is 7.16. The zero-order chi connectivity index (χ0) is 22.4. The van der Waals surface area contributed by atoms with Crippen molar-refractivity contribution in [2.24, 2.45) is 0 Å². The Kier molecular flexibility index (Phi) is 7.08. The van der Waals surface area contributed by atoms with Crippen LogP contribution in [0.2, 0.25) is 0 Å². The first kappa shape index (κ1) is 22.1. The van der Waals surface area contributed by atoms with E-state index >= 15 is 0 Å². The molecule has 0 heterocycles. The number of anilines is 2. The highest BCUT2D eigenvalue weighted by atomic mass is 16.5. The molecular formula is C26H27NO4. The van der Waals surface area contributed by atoms with E-state index in [4.69, 9.17) is 9.47 Å². The lowest BCUT2D eigenvalue weighted by molar-refractivity contribution is 0.0526. The summed E-state index contributed by atoms with van der Waals surface area (Å²) < 4.78 is 10.7. The fourth-order valence-corrected chi connectivity index (χ4v) is 3.48. The Morgan fingerprint density at radius 2 is 1.39 bits per heavy atom. The molecule has 5 nitrogen and oxygen atoms in total. The molecule has 1 N–H and O–H groups in total. The Morgan fingerprint density at radius 3 is 1.97 bits per heavy atom. The molecule has 3 rings (SSSR count). The van der Waals surface area contributed by atoms with Crippen molar-refractivity contribution in [3.63, 3.8) is 0 Å². The van der Waals surface area contributed by atoms with Gasteiger partial charge < -0.3 is 14.8 Å². The summed E-state index contributed by atoms with van der Waals surface area (Å²) in [5.41, 5.74) is 5.17. The topological polar surface area (TPSA) is 64.6 Å². The van der Waals surface area contributed by atoms with Crippen LogP contribution in [0, 0.1) is 13.8 Å². The largest absolute Gasteiger partial charge is 0.462 e. The van der Waals surface area contributed by atoms with Gasteiger partial charge in [-0.3, -0.25) is 0 Å². The van der Waals surface area contributed by atoms with Crippen LogP contribution >= 0.6 is 0 Å². The first-order chi connectivity index (χ1) is 15.0. The summed E-state index contributed by atoms with van der Waals surface area (Å²) >= 11 is 0. The SMILES string of the molecule is CCOC(=O)c1c(C)cc(Nc2ccc(C)cc2)c(C(=O)OCC)c1-c1ccccc1. The van der Waals surface area contributed by atoms with Gasteiger partial charge in [-0.15, -0.1) is 0 Å².